The van der Waals surface area contributed by atoms with E-state index in [0.717, 1.165) is 0 Å². The highest BCUT2D eigenvalue weighted by atomic mass is 19.1. The Morgan fingerprint density at radius 2 is 1.57 bits per heavy atom. The SMILES string of the molecule is CC(C)(C)OC(=O)N1CCN(C(C(=O)Nc2ccccc2)c2ccc(F)cc2)CC1. The van der Waals surface area contributed by atoms with E-state index in [-0.39, 0.29) is 17.8 Å². The molecule has 1 N–H and O–H groups in total. The van der Waals surface area contributed by atoms with Crippen molar-refractivity contribution in [3.8, 4) is 0 Å². The maximum absolute atomic E-state index is 13.4. The number of nitrogens with zero attached hydrogens (tertiary/aromatic N) is 2. The van der Waals surface area contributed by atoms with E-state index in [1.54, 1.807) is 17.0 Å². The normalized spacial score (nSPS) is 16.1. The van der Waals surface area contributed by atoms with Gasteiger partial charge in [0, 0.05) is 31.9 Å². The Balaban J connectivity index is 1.74. The Morgan fingerprint density at radius 3 is 2.13 bits per heavy atom. The fraction of sp³-hybridized carbons (Fsp3) is 0.391. The van der Waals surface area contributed by atoms with Gasteiger partial charge in [-0.3, -0.25) is 9.69 Å². The van der Waals surface area contributed by atoms with Crippen LogP contribution in [0, 0.1) is 5.82 Å². The molecule has 0 aromatic heterocycles. The molecule has 1 unspecified atom stereocenters. The number of para-hydroxylation sites is 1. The van der Waals surface area contributed by atoms with Gasteiger partial charge in [-0.15, -0.1) is 0 Å². The highest BCUT2D eigenvalue weighted by molar-refractivity contribution is 5.95. The predicted octanol–water partition coefficient (Wildman–Crippen LogP) is 4.06. The molecule has 1 aliphatic heterocycles. The van der Waals surface area contributed by atoms with E-state index >= 15 is 0 Å². The first-order valence-corrected chi connectivity index (χ1v) is 10.1. The lowest BCUT2D eigenvalue weighted by molar-refractivity contribution is -0.122. The molecule has 1 saturated heterocycles. The lowest BCUT2D eigenvalue weighted by Gasteiger charge is -2.39. The zero-order valence-electron chi connectivity index (χ0n) is 17.6. The van der Waals surface area contributed by atoms with Crippen molar-refractivity contribution in [1.82, 2.24) is 9.80 Å². The molecule has 3 rings (SSSR count). The summed E-state index contributed by atoms with van der Waals surface area (Å²) in [5, 5.41) is 2.94. The molecule has 6 nitrogen and oxygen atoms in total. The number of amides is 2. The summed E-state index contributed by atoms with van der Waals surface area (Å²) in [5.41, 5.74) is 0.845. The topological polar surface area (TPSA) is 61.9 Å². The van der Waals surface area contributed by atoms with Crippen LogP contribution in [0.5, 0.6) is 0 Å². The van der Waals surface area contributed by atoms with Gasteiger partial charge in [-0.25, -0.2) is 9.18 Å². The Kier molecular flexibility index (Phi) is 6.72. The second-order valence-electron chi connectivity index (χ2n) is 8.31. The van der Waals surface area contributed by atoms with Crippen molar-refractivity contribution in [3.05, 3.63) is 66.0 Å². The summed E-state index contributed by atoms with van der Waals surface area (Å²) in [7, 11) is 0. The number of piperazine rings is 1. The van der Waals surface area contributed by atoms with Crippen LogP contribution in [-0.4, -0.2) is 53.6 Å². The molecule has 0 aliphatic carbocycles. The number of ether oxygens (including phenoxy) is 1. The second-order valence-corrected chi connectivity index (χ2v) is 8.31. The molecule has 0 spiro atoms. The van der Waals surface area contributed by atoms with Gasteiger partial charge < -0.3 is 15.0 Å². The van der Waals surface area contributed by atoms with Gasteiger partial charge in [-0.2, -0.15) is 0 Å². The molecule has 2 aromatic carbocycles. The lowest BCUT2D eigenvalue weighted by Crippen LogP contribution is -2.52. The first-order valence-electron chi connectivity index (χ1n) is 10.1. The second kappa shape index (κ2) is 9.26. The number of benzene rings is 2. The molecule has 1 atom stereocenters. The monoisotopic (exact) mass is 413 g/mol. The number of anilines is 1. The fourth-order valence-corrected chi connectivity index (χ4v) is 3.39. The molecule has 2 aromatic rings. The largest absolute Gasteiger partial charge is 0.444 e. The van der Waals surface area contributed by atoms with E-state index in [9.17, 15) is 14.0 Å². The number of hydrogen-bond donors (Lipinski definition) is 1. The first kappa shape index (κ1) is 21.8. The number of hydrogen-bond acceptors (Lipinski definition) is 4. The van der Waals surface area contributed by atoms with E-state index < -0.39 is 11.6 Å². The van der Waals surface area contributed by atoms with Gasteiger partial charge in [0.2, 0.25) is 5.91 Å². The first-order chi connectivity index (χ1) is 14.2. The average molecular weight is 413 g/mol. The van der Waals surface area contributed by atoms with Gasteiger partial charge in [0.05, 0.1) is 0 Å². The van der Waals surface area contributed by atoms with Crippen molar-refractivity contribution in [2.45, 2.75) is 32.4 Å². The Labute approximate surface area is 176 Å². The van der Waals surface area contributed by atoms with E-state index in [2.05, 4.69) is 5.32 Å². The fourth-order valence-electron chi connectivity index (χ4n) is 3.39. The number of nitrogens with one attached hydrogen (secondary N) is 1. The molecule has 1 heterocycles. The van der Waals surface area contributed by atoms with Gasteiger partial charge >= 0.3 is 6.09 Å². The van der Waals surface area contributed by atoms with Crippen LogP contribution in [0.3, 0.4) is 0 Å². The number of halogens is 1. The number of carbonyl (C=O) groups is 2. The average Bonchev–Trinajstić information content (AvgIpc) is 2.69. The van der Waals surface area contributed by atoms with Crippen molar-refractivity contribution >= 4 is 17.7 Å². The Bertz CT molecular complexity index is 858. The van der Waals surface area contributed by atoms with Gasteiger partial charge in [0.25, 0.3) is 0 Å². The highest BCUT2D eigenvalue weighted by Gasteiger charge is 2.33. The maximum atomic E-state index is 13.4. The van der Waals surface area contributed by atoms with Crippen LogP contribution >= 0.6 is 0 Å². The third kappa shape index (κ3) is 5.79. The van der Waals surface area contributed by atoms with Gasteiger partial charge in [-0.1, -0.05) is 30.3 Å². The predicted molar refractivity (Wildman–Crippen MR) is 114 cm³/mol. The van der Waals surface area contributed by atoms with Crippen LogP contribution in [0.2, 0.25) is 0 Å². The highest BCUT2D eigenvalue weighted by Crippen LogP contribution is 2.25. The number of carbonyl (C=O) groups excluding carboxylic acids is 2. The van der Waals surface area contributed by atoms with Crippen LogP contribution in [0.4, 0.5) is 14.9 Å². The van der Waals surface area contributed by atoms with E-state index in [1.807, 2.05) is 56.0 Å². The van der Waals surface area contributed by atoms with E-state index in [4.69, 9.17) is 4.74 Å². The Morgan fingerprint density at radius 1 is 0.967 bits per heavy atom. The smallest absolute Gasteiger partial charge is 0.410 e. The third-order valence-corrected chi connectivity index (χ3v) is 4.81. The third-order valence-electron chi connectivity index (χ3n) is 4.81. The van der Waals surface area contributed by atoms with Crippen LogP contribution < -0.4 is 5.32 Å². The molecule has 1 aliphatic rings. The summed E-state index contributed by atoms with van der Waals surface area (Å²) in [6, 6.07) is 14.6. The Hall–Kier alpha value is -2.93. The molecular weight excluding hydrogens is 385 g/mol. The summed E-state index contributed by atoms with van der Waals surface area (Å²) in [5.74, 6) is -0.547. The van der Waals surface area contributed by atoms with Crippen LogP contribution in [0.1, 0.15) is 32.4 Å². The summed E-state index contributed by atoms with van der Waals surface area (Å²) >= 11 is 0. The van der Waals surface area contributed by atoms with E-state index in [1.165, 1.54) is 12.1 Å². The maximum Gasteiger partial charge on any atom is 0.410 e. The summed E-state index contributed by atoms with van der Waals surface area (Å²) < 4.78 is 18.9. The number of rotatable bonds is 4. The molecule has 1 fully saturated rings. The van der Waals surface area contributed by atoms with Gasteiger partial charge in [-0.05, 0) is 50.6 Å². The summed E-state index contributed by atoms with van der Waals surface area (Å²) in [6.45, 7) is 7.41. The van der Waals surface area contributed by atoms with Crippen molar-refractivity contribution in [2.75, 3.05) is 31.5 Å². The molecule has 0 bridgehead atoms. The zero-order chi connectivity index (χ0) is 21.7. The molecule has 7 heteroatoms. The minimum absolute atomic E-state index is 0.196. The van der Waals surface area contributed by atoms with Crippen LogP contribution in [0.15, 0.2) is 54.6 Å². The summed E-state index contributed by atoms with van der Waals surface area (Å²) in [4.78, 5) is 29.1. The quantitative estimate of drug-likeness (QED) is 0.821. The standard InChI is InChI=1S/C23H28FN3O3/c1-23(2,3)30-22(29)27-15-13-26(14-16-27)20(17-9-11-18(24)12-10-17)21(28)25-19-7-5-4-6-8-19/h4-12,20H,13-16H2,1-3H3,(H,25,28). The lowest BCUT2D eigenvalue weighted by atomic mass is 10.0. The van der Waals surface area contributed by atoms with E-state index in [0.29, 0.717) is 37.4 Å². The van der Waals surface area contributed by atoms with Crippen molar-refractivity contribution < 1.29 is 18.7 Å². The van der Waals surface area contributed by atoms with Crippen LogP contribution in [0.25, 0.3) is 0 Å². The molecule has 0 saturated carbocycles. The summed E-state index contributed by atoms with van der Waals surface area (Å²) in [6.07, 6.45) is -0.353. The van der Waals surface area contributed by atoms with Gasteiger partial charge in [0.15, 0.2) is 0 Å². The molecule has 2 amide bonds. The van der Waals surface area contributed by atoms with Crippen LogP contribution in [-0.2, 0) is 9.53 Å². The molecule has 0 radical (unpaired) electrons. The molecule has 30 heavy (non-hydrogen) atoms. The van der Waals surface area contributed by atoms with Crippen molar-refractivity contribution in [1.29, 1.82) is 0 Å². The van der Waals surface area contributed by atoms with Gasteiger partial charge in [0.1, 0.15) is 17.5 Å². The van der Waals surface area contributed by atoms with Crippen molar-refractivity contribution in [3.63, 3.8) is 0 Å². The van der Waals surface area contributed by atoms with Crippen molar-refractivity contribution in [2.24, 2.45) is 0 Å². The minimum atomic E-state index is -0.591. The minimum Gasteiger partial charge on any atom is -0.444 e. The molecule has 160 valence electrons. The molecular formula is C23H28FN3O3. The zero-order valence-corrected chi connectivity index (χ0v) is 17.6.